The van der Waals surface area contributed by atoms with Crippen molar-refractivity contribution in [1.29, 1.82) is 0 Å². The third-order valence-corrected chi connectivity index (χ3v) is 2.25. The molecule has 2 N–H and O–H groups in total. The molecule has 0 spiro atoms. The normalized spacial score (nSPS) is 10.5. The summed E-state index contributed by atoms with van der Waals surface area (Å²) in [5.74, 6) is 0. The molecule has 0 saturated carbocycles. The summed E-state index contributed by atoms with van der Waals surface area (Å²) in [4.78, 5) is 4.27. The van der Waals surface area contributed by atoms with Gasteiger partial charge in [0, 0.05) is 17.3 Å². The van der Waals surface area contributed by atoms with E-state index in [-0.39, 0.29) is 0 Å². The molecule has 0 bridgehead atoms. The molecule has 1 aromatic heterocycles. The molecule has 0 amide bonds. The minimum absolute atomic E-state index is 0.799. The Labute approximate surface area is 77.4 Å². The highest BCUT2D eigenvalue weighted by Crippen LogP contribution is 2.19. The Morgan fingerprint density at radius 1 is 1.31 bits per heavy atom. The third-order valence-electron chi connectivity index (χ3n) is 2.25. The van der Waals surface area contributed by atoms with Gasteiger partial charge in [-0.15, -0.1) is 0 Å². The first-order valence-electron chi connectivity index (χ1n) is 4.44. The van der Waals surface area contributed by atoms with Crippen molar-refractivity contribution in [3.63, 3.8) is 0 Å². The van der Waals surface area contributed by atoms with Gasteiger partial charge in [-0.3, -0.25) is 4.98 Å². The lowest BCUT2D eigenvalue weighted by atomic mass is 10.1. The number of benzene rings is 1. The Morgan fingerprint density at radius 3 is 2.92 bits per heavy atom. The van der Waals surface area contributed by atoms with Gasteiger partial charge in [0.25, 0.3) is 0 Å². The second-order valence-electron chi connectivity index (χ2n) is 3.11. The van der Waals surface area contributed by atoms with E-state index in [0.717, 1.165) is 23.0 Å². The van der Waals surface area contributed by atoms with Crippen molar-refractivity contribution in [3.05, 3.63) is 36.0 Å². The smallest absolute Gasteiger partial charge is 0.0725 e. The molecular formula is C11H12N2. The van der Waals surface area contributed by atoms with E-state index in [4.69, 9.17) is 5.73 Å². The lowest BCUT2D eigenvalue weighted by Crippen LogP contribution is -1.89. The Hall–Kier alpha value is -1.57. The summed E-state index contributed by atoms with van der Waals surface area (Å²) in [5, 5.41) is 1.04. The summed E-state index contributed by atoms with van der Waals surface area (Å²) in [6.07, 6.45) is 2.78. The fourth-order valence-corrected chi connectivity index (χ4v) is 1.44. The van der Waals surface area contributed by atoms with E-state index in [0.29, 0.717) is 0 Å². The second-order valence-corrected chi connectivity index (χ2v) is 3.11. The van der Waals surface area contributed by atoms with Crippen LogP contribution >= 0.6 is 0 Å². The SMILES string of the molecule is CCc1ccc2c(N)ccnc2c1. The largest absolute Gasteiger partial charge is 0.398 e. The van der Waals surface area contributed by atoms with Gasteiger partial charge in [-0.2, -0.15) is 0 Å². The molecule has 0 unspecified atom stereocenters. The Bertz CT molecular complexity index is 435. The highest BCUT2D eigenvalue weighted by atomic mass is 14.7. The van der Waals surface area contributed by atoms with Gasteiger partial charge in [-0.05, 0) is 24.1 Å². The van der Waals surface area contributed by atoms with Crippen molar-refractivity contribution in [2.45, 2.75) is 13.3 Å². The van der Waals surface area contributed by atoms with Crippen LogP contribution in [0.3, 0.4) is 0 Å². The van der Waals surface area contributed by atoms with Crippen molar-refractivity contribution in [2.24, 2.45) is 0 Å². The molecular weight excluding hydrogens is 160 g/mol. The van der Waals surface area contributed by atoms with Gasteiger partial charge in [0.15, 0.2) is 0 Å². The summed E-state index contributed by atoms with van der Waals surface area (Å²) in [5.41, 5.74) is 8.89. The quantitative estimate of drug-likeness (QED) is 0.717. The molecule has 13 heavy (non-hydrogen) atoms. The molecule has 1 aromatic carbocycles. The van der Waals surface area contributed by atoms with Crippen molar-refractivity contribution >= 4 is 16.6 Å². The van der Waals surface area contributed by atoms with Crippen LogP contribution in [-0.2, 0) is 6.42 Å². The van der Waals surface area contributed by atoms with Crippen LogP contribution in [0, 0.1) is 0 Å². The summed E-state index contributed by atoms with van der Waals surface area (Å²) >= 11 is 0. The number of hydrogen-bond acceptors (Lipinski definition) is 2. The monoisotopic (exact) mass is 172 g/mol. The van der Waals surface area contributed by atoms with Gasteiger partial charge >= 0.3 is 0 Å². The van der Waals surface area contributed by atoms with Crippen LogP contribution < -0.4 is 5.73 Å². The topological polar surface area (TPSA) is 38.9 Å². The lowest BCUT2D eigenvalue weighted by Gasteiger charge is -2.02. The number of nitrogens with two attached hydrogens (primary N) is 1. The molecule has 66 valence electrons. The van der Waals surface area contributed by atoms with Gasteiger partial charge in [-0.1, -0.05) is 19.1 Å². The zero-order chi connectivity index (χ0) is 9.26. The fourth-order valence-electron chi connectivity index (χ4n) is 1.44. The minimum atomic E-state index is 0.799. The zero-order valence-electron chi connectivity index (χ0n) is 7.62. The van der Waals surface area contributed by atoms with Gasteiger partial charge < -0.3 is 5.73 Å². The molecule has 0 aliphatic carbocycles. The van der Waals surface area contributed by atoms with Crippen LogP contribution in [0.4, 0.5) is 5.69 Å². The Morgan fingerprint density at radius 2 is 2.15 bits per heavy atom. The minimum Gasteiger partial charge on any atom is -0.398 e. The number of hydrogen-bond donors (Lipinski definition) is 1. The fraction of sp³-hybridized carbons (Fsp3) is 0.182. The highest BCUT2D eigenvalue weighted by Gasteiger charge is 1.98. The van der Waals surface area contributed by atoms with Crippen molar-refractivity contribution in [2.75, 3.05) is 5.73 Å². The van der Waals surface area contributed by atoms with Crippen LogP contribution in [0.25, 0.3) is 10.9 Å². The van der Waals surface area contributed by atoms with Crippen LogP contribution in [0.15, 0.2) is 30.5 Å². The third kappa shape index (κ3) is 1.35. The van der Waals surface area contributed by atoms with Gasteiger partial charge in [0.05, 0.1) is 5.52 Å². The maximum absolute atomic E-state index is 5.81. The first kappa shape index (κ1) is 8.05. The van der Waals surface area contributed by atoms with Crippen LogP contribution in [-0.4, -0.2) is 4.98 Å². The standard InChI is InChI=1S/C11H12N2/c1-2-8-3-4-9-10(12)5-6-13-11(9)7-8/h3-7H,2H2,1H3,(H2,12,13). The average Bonchev–Trinajstić information content (AvgIpc) is 2.18. The molecule has 2 nitrogen and oxygen atoms in total. The number of pyridine rings is 1. The highest BCUT2D eigenvalue weighted by molar-refractivity contribution is 5.90. The first-order valence-corrected chi connectivity index (χ1v) is 4.44. The molecule has 0 fully saturated rings. The lowest BCUT2D eigenvalue weighted by molar-refractivity contribution is 1.14. The first-order chi connectivity index (χ1) is 6.31. The summed E-state index contributed by atoms with van der Waals surface area (Å²) < 4.78 is 0. The molecule has 1 heterocycles. The number of fused-ring (bicyclic) bond motifs is 1. The number of nitrogen functional groups attached to an aromatic ring is 1. The predicted octanol–water partition coefficient (Wildman–Crippen LogP) is 2.38. The molecule has 0 radical (unpaired) electrons. The molecule has 0 aliphatic heterocycles. The summed E-state index contributed by atoms with van der Waals surface area (Å²) in [6, 6.07) is 8.05. The van der Waals surface area contributed by atoms with E-state index in [1.165, 1.54) is 5.56 Å². The Balaban J connectivity index is 2.72. The predicted molar refractivity (Wildman–Crippen MR) is 55.5 cm³/mol. The maximum Gasteiger partial charge on any atom is 0.0725 e. The van der Waals surface area contributed by atoms with E-state index in [1.54, 1.807) is 6.20 Å². The van der Waals surface area contributed by atoms with E-state index >= 15 is 0 Å². The van der Waals surface area contributed by atoms with E-state index < -0.39 is 0 Å². The van der Waals surface area contributed by atoms with E-state index in [1.807, 2.05) is 12.1 Å². The van der Waals surface area contributed by atoms with Crippen LogP contribution in [0.5, 0.6) is 0 Å². The maximum atomic E-state index is 5.81. The average molecular weight is 172 g/mol. The zero-order valence-corrected chi connectivity index (χ0v) is 7.62. The van der Waals surface area contributed by atoms with Crippen molar-refractivity contribution in [1.82, 2.24) is 4.98 Å². The van der Waals surface area contributed by atoms with Gasteiger partial charge in [0.1, 0.15) is 0 Å². The summed E-state index contributed by atoms with van der Waals surface area (Å²) in [6.45, 7) is 2.13. The van der Waals surface area contributed by atoms with Crippen LogP contribution in [0.2, 0.25) is 0 Å². The van der Waals surface area contributed by atoms with Crippen molar-refractivity contribution < 1.29 is 0 Å². The number of aryl methyl sites for hydroxylation is 1. The molecule has 0 atom stereocenters. The number of rotatable bonds is 1. The molecule has 0 saturated heterocycles. The number of nitrogens with zero attached hydrogens (tertiary/aromatic N) is 1. The number of anilines is 1. The molecule has 2 heteroatoms. The Kier molecular flexibility index (Phi) is 1.89. The molecule has 0 aliphatic rings. The molecule has 2 rings (SSSR count). The second kappa shape index (κ2) is 3.05. The number of aromatic nitrogens is 1. The van der Waals surface area contributed by atoms with Gasteiger partial charge in [-0.25, -0.2) is 0 Å². The van der Waals surface area contributed by atoms with Crippen molar-refractivity contribution in [3.8, 4) is 0 Å². The van der Waals surface area contributed by atoms with Crippen LogP contribution in [0.1, 0.15) is 12.5 Å². The van der Waals surface area contributed by atoms with Gasteiger partial charge in [0.2, 0.25) is 0 Å². The van der Waals surface area contributed by atoms with E-state index in [2.05, 4.69) is 24.0 Å². The summed E-state index contributed by atoms with van der Waals surface area (Å²) in [7, 11) is 0. The van der Waals surface area contributed by atoms with E-state index in [9.17, 15) is 0 Å². The molecule has 2 aromatic rings.